The molecule has 1 aromatic carbocycles. The van der Waals surface area contributed by atoms with Crippen molar-refractivity contribution in [3.05, 3.63) is 33.3 Å². The van der Waals surface area contributed by atoms with Gasteiger partial charge in [0.05, 0.1) is 16.3 Å². The van der Waals surface area contributed by atoms with E-state index in [9.17, 15) is 14.4 Å². The lowest BCUT2D eigenvalue weighted by atomic mass is 9.71. The molecule has 1 saturated heterocycles. The number of hydrogen-bond donors (Lipinski definition) is 2. The van der Waals surface area contributed by atoms with Crippen LogP contribution in [0.3, 0.4) is 0 Å². The Balaban J connectivity index is 2.33. The van der Waals surface area contributed by atoms with Crippen LogP contribution in [0.4, 0.5) is 5.69 Å². The molecular formula is C14H12BClN4O3. The summed E-state index contributed by atoms with van der Waals surface area (Å²) in [5.41, 5.74) is 4.10. The van der Waals surface area contributed by atoms with Crippen LogP contribution >= 0.6 is 11.6 Å². The maximum absolute atomic E-state index is 12.9. The number of nitrogens with zero attached hydrogens (tertiary/aromatic N) is 2. The number of amides is 2. The van der Waals surface area contributed by atoms with Gasteiger partial charge in [-0.2, -0.15) is 0 Å². The van der Waals surface area contributed by atoms with Gasteiger partial charge in [0.25, 0.3) is 5.56 Å². The average molecular weight is 331 g/mol. The Morgan fingerprint density at radius 1 is 1.39 bits per heavy atom. The van der Waals surface area contributed by atoms with Crippen molar-refractivity contribution in [2.75, 3.05) is 5.73 Å². The van der Waals surface area contributed by atoms with Gasteiger partial charge in [-0.1, -0.05) is 11.6 Å². The Morgan fingerprint density at radius 2 is 2.09 bits per heavy atom. The summed E-state index contributed by atoms with van der Waals surface area (Å²) < 4.78 is 1.08. The number of carbonyl (C=O) groups is 2. The maximum Gasteiger partial charge on any atom is 0.263 e. The molecule has 3 rings (SSSR count). The van der Waals surface area contributed by atoms with Crippen molar-refractivity contribution in [3.63, 3.8) is 0 Å². The minimum absolute atomic E-state index is 0.000898. The fraction of sp³-hybridized carbons (Fsp3) is 0.286. The van der Waals surface area contributed by atoms with Crippen molar-refractivity contribution in [1.82, 2.24) is 14.9 Å². The predicted octanol–water partition coefficient (Wildman–Crippen LogP) is 0.198. The number of nitrogens with one attached hydrogen (secondary N) is 1. The van der Waals surface area contributed by atoms with E-state index < -0.39 is 22.8 Å². The van der Waals surface area contributed by atoms with E-state index in [1.807, 2.05) is 0 Å². The molecule has 0 bridgehead atoms. The second-order valence-corrected chi connectivity index (χ2v) is 5.93. The number of nitrogens with two attached hydrogens (primary N) is 1. The zero-order chi connectivity index (χ0) is 16.9. The Kier molecular flexibility index (Phi) is 3.44. The van der Waals surface area contributed by atoms with Crippen molar-refractivity contribution < 1.29 is 9.59 Å². The fourth-order valence-electron chi connectivity index (χ4n) is 2.82. The summed E-state index contributed by atoms with van der Waals surface area (Å²) in [6.07, 6.45) is 0.0291. The van der Waals surface area contributed by atoms with Gasteiger partial charge >= 0.3 is 0 Å². The van der Waals surface area contributed by atoms with E-state index in [-0.39, 0.29) is 29.7 Å². The van der Waals surface area contributed by atoms with Crippen LogP contribution in [-0.2, 0) is 15.0 Å². The van der Waals surface area contributed by atoms with E-state index in [1.165, 1.54) is 12.1 Å². The summed E-state index contributed by atoms with van der Waals surface area (Å²) in [7, 11) is 6.15. The monoisotopic (exact) mass is 330 g/mol. The highest BCUT2D eigenvalue weighted by atomic mass is 35.5. The summed E-state index contributed by atoms with van der Waals surface area (Å²) in [4.78, 5) is 40.7. The summed E-state index contributed by atoms with van der Waals surface area (Å²) in [5.74, 6) is -0.939. The van der Waals surface area contributed by atoms with Crippen LogP contribution in [0.25, 0.3) is 10.9 Å². The predicted molar refractivity (Wildman–Crippen MR) is 86.3 cm³/mol. The Morgan fingerprint density at radius 3 is 2.74 bits per heavy atom. The van der Waals surface area contributed by atoms with E-state index >= 15 is 0 Å². The molecule has 23 heavy (non-hydrogen) atoms. The minimum Gasteiger partial charge on any atom is -0.398 e. The number of imide groups is 1. The van der Waals surface area contributed by atoms with E-state index in [0.29, 0.717) is 10.5 Å². The highest BCUT2D eigenvalue weighted by Gasteiger charge is 2.41. The summed E-state index contributed by atoms with van der Waals surface area (Å²) in [6.45, 7) is 1.55. The van der Waals surface area contributed by atoms with Crippen molar-refractivity contribution in [2.45, 2.75) is 25.2 Å². The van der Waals surface area contributed by atoms with Gasteiger partial charge in [-0.15, -0.1) is 0 Å². The van der Waals surface area contributed by atoms with Crippen LogP contribution < -0.4 is 16.6 Å². The highest BCUT2D eigenvalue weighted by Crippen LogP contribution is 2.27. The third-order valence-electron chi connectivity index (χ3n) is 3.91. The highest BCUT2D eigenvalue weighted by molar-refractivity contribution is 6.32. The first-order valence-corrected chi connectivity index (χ1v) is 7.24. The number of nitrogen functional groups attached to an aromatic ring is 1. The normalized spacial score (nSPS) is 21.5. The summed E-state index contributed by atoms with van der Waals surface area (Å²) in [5, 5.41) is 2.64. The number of aryl methyl sites for hydroxylation is 1. The van der Waals surface area contributed by atoms with Crippen molar-refractivity contribution in [2.24, 2.45) is 0 Å². The van der Waals surface area contributed by atoms with Crippen molar-refractivity contribution in [3.8, 4) is 0 Å². The third kappa shape index (κ3) is 2.30. The van der Waals surface area contributed by atoms with Gasteiger partial charge in [0.1, 0.15) is 13.7 Å². The van der Waals surface area contributed by atoms with Crippen LogP contribution in [-0.4, -0.2) is 29.2 Å². The number of halogens is 1. The molecule has 1 atom stereocenters. The second-order valence-electron chi connectivity index (χ2n) is 5.49. The van der Waals surface area contributed by atoms with E-state index in [0.717, 1.165) is 4.57 Å². The van der Waals surface area contributed by atoms with Crippen molar-refractivity contribution >= 4 is 47.9 Å². The standard InChI is InChI=1S/C14H12BClN4O3/c1-6-18-9-5-7(16)4-8(17)11(9)12(22)20(6)14(15)3-2-10(21)19-13(14)23/h4-5H,2-3,17H2,1H3,(H,19,21,23)/t14-/m1/s1. The first-order chi connectivity index (χ1) is 10.7. The minimum atomic E-state index is -1.69. The zero-order valence-corrected chi connectivity index (χ0v) is 13.0. The number of anilines is 1. The molecule has 2 amide bonds. The van der Waals surface area contributed by atoms with E-state index in [4.69, 9.17) is 25.2 Å². The molecule has 2 radical (unpaired) electrons. The van der Waals surface area contributed by atoms with Gasteiger partial charge < -0.3 is 5.73 Å². The largest absolute Gasteiger partial charge is 0.398 e. The number of aromatic nitrogens is 2. The second kappa shape index (κ2) is 5.09. The lowest BCUT2D eigenvalue weighted by Gasteiger charge is -2.35. The number of carbonyl (C=O) groups excluding carboxylic acids is 2. The molecule has 0 aliphatic carbocycles. The van der Waals surface area contributed by atoms with Gasteiger partial charge in [-0.05, 0) is 25.5 Å². The molecule has 9 heteroatoms. The number of hydrogen-bond acceptors (Lipinski definition) is 5. The van der Waals surface area contributed by atoms with Crippen LogP contribution in [0.5, 0.6) is 0 Å². The molecule has 2 aromatic rings. The smallest absolute Gasteiger partial charge is 0.263 e. The SMILES string of the molecule is [B][C@@]1(n2c(C)nc3cc(Cl)cc(N)c3c2=O)CCC(=O)NC1=O. The van der Waals surface area contributed by atoms with Crippen LogP contribution in [0, 0.1) is 6.92 Å². The van der Waals surface area contributed by atoms with Crippen LogP contribution in [0.2, 0.25) is 5.02 Å². The third-order valence-corrected chi connectivity index (χ3v) is 4.13. The molecule has 116 valence electrons. The number of rotatable bonds is 1. The van der Waals surface area contributed by atoms with Gasteiger partial charge in [-0.3, -0.25) is 24.3 Å². The molecular weight excluding hydrogens is 318 g/mol. The summed E-state index contributed by atoms with van der Waals surface area (Å²) in [6, 6.07) is 2.94. The van der Waals surface area contributed by atoms with Gasteiger partial charge in [0.15, 0.2) is 0 Å². The Hall–Kier alpha value is -2.35. The molecule has 0 unspecified atom stereocenters. The van der Waals surface area contributed by atoms with Crippen LogP contribution in [0.1, 0.15) is 18.7 Å². The molecule has 2 heterocycles. The first kappa shape index (κ1) is 15.5. The Bertz CT molecular complexity index is 926. The lowest BCUT2D eigenvalue weighted by molar-refractivity contribution is -0.137. The van der Waals surface area contributed by atoms with Gasteiger partial charge in [-0.25, -0.2) is 4.98 Å². The first-order valence-electron chi connectivity index (χ1n) is 6.86. The lowest BCUT2D eigenvalue weighted by Crippen LogP contribution is -2.58. The molecule has 1 aliphatic heterocycles. The topological polar surface area (TPSA) is 107 Å². The number of fused-ring (bicyclic) bond motifs is 1. The summed E-state index contributed by atoms with van der Waals surface area (Å²) >= 11 is 5.93. The number of piperidine rings is 1. The number of benzene rings is 1. The zero-order valence-electron chi connectivity index (χ0n) is 12.2. The quantitative estimate of drug-likeness (QED) is 0.441. The van der Waals surface area contributed by atoms with E-state index in [1.54, 1.807) is 6.92 Å². The molecule has 7 nitrogen and oxygen atoms in total. The molecule has 0 spiro atoms. The molecule has 0 saturated carbocycles. The van der Waals surface area contributed by atoms with Gasteiger partial charge in [0, 0.05) is 17.1 Å². The fourth-order valence-corrected chi connectivity index (χ4v) is 3.04. The Labute approximate surface area is 137 Å². The van der Waals surface area contributed by atoms with Crippen LogP contribution in [0.15, 0.2) is 16.9 Å². The average Bonchev–Trinajstić information content (AvgIpc) is 2.42. The molecule has 3 N–H and O–H groups in total. The molecule has 1 fully saturated rings. The van der Waals surface area contributed by atoms with E-state index in [2.05, 4.69) is 10.3 Å². The maximum atomic E-state index is 12.9. The molecule has 1 aliphatic rings. The van der Waals surface area contributed by atoms with Crippen molar-refractivity contribution in [1.29, 1.82) is 0 Å². The van der Waals surface area contributed by atoms with Gasteiger partial charge in [0.2, 0.25) is 11.8 Å². The molecule has 1 aromatic heterocycles.